The molecule has 2 aromatic heterocycles. The highest BCUT2D eigenvalue weighted by atomic mass is 32.1. The van der Waals surface area contributed by atoms with E-state index in [2.05, 4.69) is 21.4 Å². The monoisotopic (exact) mass is 415 g/mol. The number of thiophene rings is 1. The lowest BCUT2D eigenvalue weighted by Crippen LogP contribution is -2.02. The molecule has 0 amide bonds. The average Bonchev–Trinajstić information content (AvgIpc) is 3.20. The number of anilines is 2. The van der Waals surface area contributed by atoms with Crippen molar-refractivity contribution in [2.24, 2.45) is 0 Å². The third-order valence-electron chi connectivity index (χ3n) is 4.42. The fourth-order valence-corrected chi connectivity index (χ4v) is 3.80. The molecule has 4 rings (SSSR count). The largest absolute Gasteiger partial charge is 0.438 e. The Bertz CT molecular complexity index is 1340. The molecule has 0 fully saturated rings. The van der Waals surface area contributed by atoms with Gasteiger partial charge in [0, 0.05) is 0 Å². The van der Waals surface area contributed by atoms with Gasteiger partial charge in [-0.3, -0.25) is 0 Å². The molecular weight excluding hydrogens is 401 g/mol. The summed E-state index contributed by atoms with van der Waals surface area (Å²) in [6.07, 6.45) is 0. The smallest absolute Gasteiger partial charge is 0.232 e. The topological polar surface area (TPSA) is 94.6 Å². The third kappa shape index (κ3) is 3.64. The Labute approximate surface area is 175 Å². The number of halogens is 1. The van der Waals surface area contributed by atoms with Crippen LogP contribution >= 0.6 is 11.3 Å². The summed E-state index contributed by atoms with van der Waals surface area (Å²) in [5, 5.41) is 23.5. The van der Waals surface area contributed by atoms with Crippen molar-refractivity contribution >= 4 is 33.2 Å². The van der Waals surface area contributed by atoms with Crippen molar-refractivity contribution in [2.75, 3.05) is 5.32 Å². The zero-order valence-corrected chi connectivity index (χ0v) is 16.8. The van der Waals surface area contributed by atoms with Gasteiger partial charge in [-0.25, -0.2) is 9.37 Å². The second kappa shape index (κ2) is 7.78. The first-order valence-electron chi connectivity index (χ1n) is 8.89. The summed E-state index contributed by atoms with van der Waals surface area (Å²) in [7, 11) is 0. The van der Waals surface area contributed by atoms with Crippen LogP contribution in [0.2, 0.25) is 0 Å². The molecule has 0 atom stereocenters. The zero-order chi connectivity index (χ0) is 21.3. The molecule has 2 heterocycles. The van der Waals surface area contributed by atoms with E-state index in [-0.39, 0.29) is 17.2 Å². The summed E-state index contributed by atoms with van der Waals surface area (Å²) in [6, 6.07) is 13.5. The SMILES string of the molecule is Cc1cc(C#N)cc(C)c1Oc1nc(Nc2ccc(C#N)cc2F)nc2sccc12. The molecule has 0 saturated carbocycles. The van der Waals surface area contributed by atoms with Gasteiger partial charge in [0.1, 0.15) is 16.4 Å². The number of nitrogens with one attached hydrogen (secondary N) is 1. The predicted octanol–water partition coefficient (Wildman–Crippen LogP) is 5.73. The van der Waals surface area contributed by atoms with Crippen LogP contribution in [-0.4, -0.2) is 9.97 Å². The number of aromatic nitrogens is 2. The number of ether oxygens (including phenoxy) is 1. The Morgan fingerprint density at radius 3 is 2.40 bits per heavy atom. The lowest BCUT2D eigenvalue weighted by atomic mass is 10.1. The fraction of sp³-hybridized carbons (Fsp3) is 0.0909. The van der Waals surface area contributed by atoms with Gasteiger partial charge in [0.15, 0.2) is 0 Å². The Morgan fingerprint density at radius 1 is 1.00 bits per heavy atom. The molecular formula is C22H14FN5OS. The summed E-state index contributed by atoms with van der Waals surface area (Å²) in [6.45, 7) is 3.72. The number of benzene rings is 2. The molecule has 0 aliphatic heterocycles. The number of nitrogens with zero attached hydrogens (tertiary/aromatic N) is 4. The van der Waals surface area contributed by atoms with Crippen molar-refractivity contribution < 1.29 is 9.13 Å². The van der Waals surface area contributed by atoms with Crippen LogP contribution in [0.15, 0.2) is 41.8 Å². The normalized spacial score (nSPS) is 10.4. The molecule has 0 aliphatic rings. The number of hydrogen-bond acceptors (Lipinski definition) is 7. The van der Waals surface area contributed by atoms with Crippen LogP contribution in [0.1, 0.15) is 22.3 Å². The Balaban J connectivity index is 1.74. The van der Waals surface area contributed by atoms with E-state index < -0.39 is 5.82 Å². The fourth-order valence-electron chi connectivity index (χ4n) is 3.04. The first-order valence-corrected chi connectivity index (χ1v) is 9.77. The highest BCUT2D eigenvalue weighted by Crippen LogP contribution is 2.35. The number of nitriles is 2. The average molecular weight is 415 g/mol. The van der Waals surface area contributed by atoms with Crippen molar-refractivity contribution in [1.82, 2.24) is 9.97 Å². The van der Waals surface area contributed by atoms with Crippen molar-refractivity contribution in [1.29, 1.82) is 10.5 Å². The van der Waals surface area contributed by atoms with Crippen molar-refractivity contribution in [3.05, 3.63) is 69.8 Å². The molecule has 146 valence electrons. The minimum Gasteiger partial charge on any atom is -0.438 e. The van der Waals surface area contributed by atoms with Crippen LogP contribution in [0.3, 0.4) is 0 Å². The number of rotatable bonds is 4. The molecule has 0 aliphatic carbocycles. The Morgan fingerprint density at radius 2 is 1.73 bits per heavy atom. The summed E-state index contributed by atoms with van der Waals surface area (Å²) < 4.78 is 20.4. The van der Waals surface area contributed by atoms with Gasteiger partial charge < -0.3 is 10.1 Å². The van der Waals surface area contributed by atoms with Crippen LogP contribution in [-0.2, 0) is 0 Å². The van der Waals surface area contributed by atoms with Crippen LogP contribution in [0, 0.1) is 42.3 Å². The van der Waals surface area contributed by atoms with Gasteiger partial charge in [0.25, 0.3) is 0 Å². The molecule has 8 heteroatoms. The molecule has 6 nitrogen and oxygen atoms in total. The van der Waals surface area contributed by atoms with Crippen LogP contribution in [0.25, 0.3) is 10.2 Å². The van der Waals surface area contributed by atoms with E-state index in [1.165, 1.54) is 23.5 Å². The van der Waals surface area contributed by atoms with Gasteiger partial charge in [-0.05, 0) is 66.8 Å². The highest BCUT2D eigenvalue weighted by Gasteiger charge is 2.15. The van der Waals surface area contributed by atoms with Crippen LogP contribution < -0.4 is 10.1 Å². The number of fused-ring (bicyclic) bond motifs is 1. The van der Waals surface area contributed by atoms with E-state index >= 15 is 0 Å². The summed E-state index contributed by atoms with van der Waals surface area (Å²) in [5.41, 5.74) is 2.55. The first kappa shape index (κ1) is 19.3. The maximum absolute atomic E-state index is 14.3. The highest BCUT2D eigenvalue weighted by molar-refractivity contribution is 7.16. The van der Waals surface area contributed by atoms with Crippen LogP contribution in [0.5, 0.6) is 11.6 Å². The first-order chi connectivity index (χ1) is 14.5. The standard InChI is InChI=1S/C22H14FN5OS/c1-12-7-15(11-25)8-13(2)19(12)29-20-16-5-6-30-21(16)28-22(27-20)26-18-4-3-14(10-24)9-17(18)23/h3-9H,1-2H3,(H,26,27,28). The quantitative estimate of drug-likeness (QED) is 0.458. The number of aryl methyl sites for hydroxylation is 2. The number of hydrogen-bond donors (Lipinski definition) is 1. The second-order valence-electron chi connectivity index (χ2n) is 6.58. The lowest BCUT2D eigenvalue weighted by molar-refractivity contribution is 0.462. The van der Waals surface area contributed by atoms with Gasteiger partial charge in [0.2, 0.25) is 11.8 Å². The molecule has 30 heavy (non-hydrogen) atoms. The molecule has 4 aromatic rings. The van der Waals surface area contributed by atoms with E-state index in [0.717, 1.165) is 22.6 Å². The molecule has 2 aromatic carbocycles. The maximum atomic E-state index is 14.3. The molecule has 0 unspecified atom stereocenters. The predicted molar refractivity (Wildman–Crippen MR) is 113 cm³/mol. The van der Waals surface area contributed by atoms with E-state index in [1.54, 1.807) is 12.1 Å². The van der Waals surface area contributed by atoms with Gasteiger partial charge in [-0.2, -0.15) is 15.5 Å². The van der Waals surface area contributed by atoms with E-state index in [4.69, 9.17) is 15.3 Å². The van der Waals surface area contributed by atoms with Crippen molar-refractivity contribution in [2.45, 2.75) is 13.8 Å². The Kier molecular flexibility index (Phi) is 5.01. The zero-order valence-electron chi connectivity index (χ0n) is 16.0. The Hall–Kier alpha value is -4.01. The molecule has 0 bridgehead atoms. The summed E-state index contributed by atoms with van der Waals surface area (Å²) >= 11 is 1.41. The summed E-state index contributed by atoms with van der Waals surface area (Å²) in [5.74, 6) is 0.530. The van der Waals surface area contributed by atoms with E-state index in [9.17, 15) is 4.39 Å². The van der Waals surface area contributed by atoms with Gasteiger partial charge in [-0.1, -0.05) is 0 Å². The van der Waals surface area contributed by atoms with Gasteiger partial charge in [0.05, 0.1) is 34.3 Å². The van der Waals surface area contributed by atoms with Crippen LogP contribution in [0.4, 0.5) is 16.0 Å². The summed E-state index contributed by atoms with van der Waals surface area (Å²) in [4.78, 5) is 9.55. The molecule has 0 radical (unpaired) electrons. The lowest BCUT2D eigenvalue weighted by Gasteiger charge is -2.13. The maximum Gasteiger partial charge on any atom is 0.232 e. The molecule has 0 spiro atoms. The minimum absolute atomic E-state index is 0.154. The van der Waals surface area contributed by atoms with Gasteiger partial charge >= 0.3 is 0 Å². The molecule has 0 saturated heterocycles. The third-order valence-corrected chi connectivity index (χ3v) is 5.23. The second-order valence-corrected chi connectivity index (χ2v) is 7.47. The van der Waals surface area contributed by atoms with Crippen molar-refractivity contribution in [3.8, 4) is 23.8 Å². The van der Waals surface area contributed by atoms with E-state index in [0.29, 0.717) is 22.0 Å². The molecule has 1 N–H and O–H groups in total. The van der Waals surface area contributed by atoms with Gasteiger partial charge in [-0.15, -0.1) is 11.3 Å². The van der Waals surface area contributed by atoms with Crippen molar-refractivity contribution in [3.63, 3.8) is 0 Å². The minimum atomic E-state index is -0.579. The van der Waals surface area contributed by atoms with E-state index in [1.807, 2.05) is 31.4 Å².